The molecule has 0 saturated carbocycles. The summed E-state index contributed by atoms with van der Waals surface area (Å²) in [6.45, 7) is 3.25. The number of fused-ring (bicyclic) bond motifs is 2. The van der Waals surface area contributed by atoms with E-state index < -0.39 is 4.87 Å². The number of rotatable bonds is 3. The van der Waals surface area contributed by atoms with Gasteiger partial charge >= 0.3 is 0 Å². The molecule has 1 unspecified atom stereocenters. The van der Waals surface area contributed by atoms with E-state index in [0.29, 0.717) is 25.6 Å². The average molecular weight is 413 g/mol. The number of hydrogen-bond acceptors (Lipinski definition) is 5. The van der Waals surface area contributed by atoms with Gasteiger partial charge in [0, 0.05) is 24.3 Å². The number of halogens is 1. The van der Waals surface area contributed by atoms with Crippen LogP contribution in [0.25, 0.3) is 0 Å². The average Bonchev–Trinajstić information content (AvgIpc) is 3.21. The van der Waals surface area contributed by atoms with Crippen LogP contribution in [0.4, 0.5) is 15.8 Å². The fourth-order valence-corrected chi connectivity index (χ4v) is 5.59. The number of hydrogen-bond donors (Lipinski definition) is 0. The third-order valence-corrected chi connectivity index (χ3v) is 6.98. The first-order valence-corrected chi connectivity index (χ1v) is 10.5. The molecule has 0 aliphatic carbocycles. The van der Waals surface area contributed by atoms with E-state index >= 15 is 0 Å². The Morgan fingerprint density at radius 1 is 1.03 bits per heavy atom. The van der Waals surface area contributed by atoms with Gasteiger partial charge in [-0.2, -0.15) is 0 Å². The third kappa shape index (κ3) is 2.86. The van der Waals surface area contributed by atoms with Gasteiger partial charge in [-0.1, -0.05) is 18.2 Å². The summed E-state index contributed by atoms with van der Waals surface area (Å²) in [6.07, 6.45) is 0. The van der Waals surface area contributed by atoms with Crippen molar-refractivity contribution in [3.05, 3.63) is 59.9 Å². The van der Waals surface area contributed by atoms with Crippen molar-refractivity contribution in [2.45, 2.75) is 4.87 Å². The standard InChI is InChI=1S/C21H20FN3O3S/c22-15-5-7-16(8-6-15)25-19(26)13-29-21(25)17-3-1-2-4-18(17)24(20(21)27)14-23-9-11-28-12-10-23/h1-8H,9-14H2. The number of amides is 2. The smallest absolute Gasteiger partial charge is 0.269 e. The summed E-state index contributed by atoms with van der Waals surface area (Å²) in [5.74, 6) is -0.472. The highest BCUT2D eigenvalue weighted by molar-refractivity contribution is 8.02. The molecule has 3 aliphatic rings. The monoisotopic (exact) mass is 413 g/mol. The molecule has 6 nitrogen and oxygen atoms in total. The molecule has 29 heavy (non-hydrogen) atoms. The minimum absolute atomic E-state index is 0.134. The molecular formula is C21H20FN3O3S. The number of benzene rings is 2. The lowest BCUT2D eigenvalue weighted by Gasteiger charge is -2.35. The van der Waals surface area contributed by atoms with E-state index in [1.165, 1.54) is 28.8 Å². The molecule has 2 saturated heterocycles. The number of carbonyl (C=O) groups is 2. The molecule has 0 radical (unpaired) electrons. The highest BCUT2D eigenvalue weighted by Gasteiger charge is 2.61. The third-order valence-electron chi connectivity index (χ3n) is 5.59. The molecule has 0 aromatic heterocycles. The van der Waals surface area contributed by atoms with E-state index in [0.717, 1.165) is 24.3 Å². The van der Waals surface area contributed by atoms with E-state index in [9.17, 15) is 14.0 Å². The topological polar surface area (TPSA) is 53.1 Å². The van der Waals surface area contributed by atoms with E-state index in [-0.39, 0.29) is 23.4 Å². The van der Waals surface area contributed by atoms with Gasteiger partial charge < -0.3 is 4.74 Å². The molecule has 2 amide bonds. The number of anilines is 2. The maximum atomic E-state index is 13.8. The number of para-hydroxylation sites is 1. The maximum Gasteiger partial charge on any atom is 0.269 e. The van der Waals surface area contributed by atoms with Crippen molar-refractivity contribution in [3.8, 4) is 0 Å². The Morgan fingerprint density at radius 2 is 1.76 bits per heavy atom. The van der Waals surface area contributed by atoms with Gasteiger partial charge in [-0.25, -0.2) is 4.39 Å². The fraction of sp³-hybridized carbons (Fsp3) is 0.333. The predicted octanol–water partition coefficient (Wildman–Crippen LogP) is 2.39. The van der Waals surface area contributed by atoms with Crippen molar-refractivity contribution in [2.75, 3.05) is 48.5 Å². The molecule has 5 rings (SSSR count). The minimum atomic E-state index is -1.15. The van der Waals surface area contributed by atoms with Crippen LogP contribution >= 0.6 is 11.8 Å². The molecule has 3 aliphatic heterocycles. The second-order valence-corrected chi connectivity index (χ2v) is 8.43. The highest BCUT2D eigenvalue weighted by Crippen LogP contribution is 2.55. The molecular weight excluding hydrogens is 393 g/mol. The SMILES string of the molecule is O=C1CSC2(C(=O)N(CN3CCOCC3)c3ccccc32)N1c1ccc(F)cc1. The van der Waals surface area contributed by atoms with Crippen molar-refractivity contribution in [3.63, 3.8) is 0 Å². The Balaban J connectivity index is 1.59. The van der Waals surface area contributed by atoms with Gasteiger partial charge in [0.1, 0.15) is 5.82 Å². The lowest BCUT2D eigenvalue weighted by molar-refractivity contribution is -0.124. The molecule has 1 spiro atoms. The Hall–Kier alpha value is -2.42. The number of ether oxygens (including phenoxy) is 1. The molecule has 150 valence electrons. The second kappa shape index (κ2) is 7.12. The summed E-state index contributed by atoms with van der Waals surface area (Å²) in [7, 11) is 0. The quantitative estimate of drug-likeness (QED) is 0.774. The van der Waals surface area contributed by atoms with Gasteiger partial charge in [0.05, 0.1) is 31.3 Å². The molecule has 1 atom stereocenters. The molecule has 0 N–H and O–H groups in total. The molecule has 3 heterocycles. The first-order chi connectivity index (χ1) is 14.1. The molecule has 0 bridgehead atoms. The number of thioether (sulfide) groups is 1. The number of morpholine rings is 1. The number of carbonyl (C=O) groups excluding carboxylic acids is 2. The van der Waals surface area contributed by atoms with Crippen LogP contribution in [0.5, 0.6) is 0 Å². The van der Waals surface area contributed by atoms with E-state index in [2.05, 4.69) is 4.90 Å². The Bertz CT molecular complexity index is 964. The molecule has 2 fully saturated rings. The zero-order valence-electron chi connectivity index (χ0n) is 15.7. The van der Waals surface area contributed by atoms with Crippen LogP contribution in [0, 0.1) is 5.82 Å². The van der Waals surface area contributed by atoms with Gasteiger partial charge in [0.15, 0.2) is 0 Å². The van der Waals surface area contributed by atoms with Gasteiger partial charge in [0.2, 0.25) is 10.8 Å². The summed E-state index contributed by atoms with van der Waals surface area (Å²) < 4.78 is 18.9. The van der Waals surface area contributed by atoms with Crippen LogP contribution in [0.3, 0.4) is 0 Å². The van der Waals surface area contributed by atoms with E-state index in [1.807, 2.05) is 24.3 Å². The van der Waals surface area contributed by atoms with Crippen molar-refractivity contribution in [1.29, 1.82) is 0 Å². The zero-order chi connectivity index (χ0) is 20.0. The highest BCUT2D eigenvalue weighted by atomic mass is 32.2. The van der Waals surface area contributed by atoms with Crippen molar-refractivity contribution in [2.24, 2.45) is 0 Å². The van der Waals surface area contributed by atoms with E-state index in [4.69, 9.17) is 4.74 Å². The lowest BCUT2D eigenvalue weighted by Crippen LogP contribution is -2.52. The summed E-state index contributed by atoms with van der Waals surface area (Å²) in [5.41, 5.74) is 2.15. The maximum absolute atomic E-state index is 13.8. The Morgan fingerprint density at radius 3 is 2.52 bits per heavy atom. The van der Waals surface area contributed by atoms with E-state index in [1.54, 1.807) is 17.0 Å². The predicted molar refractivity (Wildman–Crippen MR) is 109 cm³/mol. The zero-order valence-corrected chi connectivity index (χ0v) is 16.5. The van der Waals surface area contributed by atoms with Gasteiger partial charge in [-0.15, -0.1) is 11.8 Å². The van der Waals surface area contributed by atoms with Gasteiger partial charge in [-0.3, -0.25) is 24.3 Å². The summed E-state index contributed by atoms with van der Waals surface area (Å²) in [6, 6.07) is 13.4. The molecule has 8 heteroatoms. The van der Waals surface area contributed by atoms with Crippen LogP contribution in [0.2, 0.25) is 0 Å². The van der Waals surface area contributed by atoms with Gasteiger partial charge in [-0.05, 0) is 30.3 Å². The Kier molecular flexibility index (Phi) is 4.57. The largest absolute Gasteiger partial charge is 0.379 e. The Labute approximate surface area is 172 Å². The van der Waals surface area contributed by atoms with Crippen LogP contribution in [0.15, 0.2) is 48.5 Å². The van der Waals surface area contributed by atoms with Gasteiger partial charge in [0.25, 0.3) is 5.91 Å². The second-order valence-electron chi connectivity index (χ2n) is 7.26. The van der Waals surface area contributed by atoms with Crippen molar-refractivity contribution >= 4 is 35.0 Å². The summed E-state index contributed by atoms with van der Waals surface area (Å²) in [5, 5.41) is 0. The summed E-state index contributed by atoms with van der Waals surface area (Å²) in [4.78, 5) is 31.1. The van der Waals surface area contributed by atoms with Crippen molar-refractivity contribution < 1.29 is 18.7 Å². The normalized spacial score (nSPS) is 24.6. The van der Waals surface area contributed by atoms with Crippen molar-refractivity contribution in [1.82, 2.24) is 4.90 Å². The first kappa shape index (κ1) is 18.6. The van der Waals surface area contributed by atoms with Crippen LogP contribution in [0.1, 0.15) is 5.56 Å². The van der Waals surface area contributed by atoms with Crippen LogP contribution in [-0.2, 0) is 19.2 Å². The number of nitrogens with zero attached hydrogens (tertiary/aromatic N) is 3. The minimum Gasteiger partial charge on any atom is -0.379 e. The molecule has 2 aromatic carbocycles. The van der Waals surface area contributed by atoms with Crippen LogP contribution < -0.4 is 9.80 Å². The fourth-order valence-electron chi connectivity index (χ4n) is 4.23. The summed E-state index contributed by atoms with van der Waals surface area (Å²) >= 11 is 1.33. The molecule has 2 aromatic rings. The lowest BCUT2D eigenvalue weighted by atomic mass is 10.0. The first-order valence-electron chi connectivity index (χ1n) is 9.55. The van der Waals surface area contributed by atoms with Crippen LogP contribution in [-0.4, -0.2) is 55.4 Å².